The second-order valence-electron chi connectivity index (χ2n) is 6.58. The molecule has 0 amide bonds. The number of nitrogens with one attached hydrogen (secondary N) is 1. The Morgan fingerprint density at radius 3 is 2.36 bits per heavy atom. The standard InChI is InChI=1S/C17H23F3N2O2S/c1-5-16(22-25(23)15(2,3)4,13-8-6-7-9-14(13)18)17(19,20)12-24-11-10-21/h6-9,22H,5,11-12H2,1-4H3/t16-,25?/m1/s1. The second-order valence-corrected chi connectivity index (χ2v) is 8.54. The monoisotopic (exact) mass is 376 g/mol. The quantitative estimate of drug-likeness (QED) is 0.555. The van der Waals surface area contributed by atoms with Gasteiger partial charge in [-0.25, -0.2) is 13.2 Å². The van der Waals surface area contributed by atoms with Crippen LogP contribution in [0.15, 0.2) is 24.3 Å². The Morgan fingerprint density at radius 2 is 1.88 bits per heavy atom. The lowest BCUT2D eigenvalue weighted by atomic mass is 9.82. The average Bonchev–Trinajstić information content (AvgIpc) is 2.52. The van der Waals surface area contributed by atoms with Gasteiger partial charge in [-0.15, -0.1) is 4.72 Å². The lowest BCUT2D eigenvalue weighted by molar-refractivity contribution is -0.135. The molecule has 1 aromatic rings. The smallest absolute Gasteiger partial charge is 0.297 e. The number of nitrogens with zero attached hydrogens (tertiary/aromatic N) is 1. The van der Waals surface area contributed by atoms with E-state index in [0.29, 0.717) is 0 Å². The molecular weight excluding hydrogens is 353 g/mol. The summed E-state index contributed by atoms with van der Waals surface area (Å²) in [5.41, 5.74) is -2.54. The van der Waals surface area contributed by atoms with Crippen molar-refractivity contribution < 1.29 is 22.5 Å². The van der Waals surface area contributed by atoms with Crippen LogP contribution in [-0.2, 0) is 21.6 Å². The highest BCUT2D eigenvalue weighted by Gasteiger charge is 2.58. The van der Waals surface area contributed by atoms with Crippen LogP contribution in [0.3, 0.4) is 0 Å². The van der Waals surface area contributed by atoms with Gasteiger partial charge in [0.25, 0.3) is 5.92 Å². The fourth-order valence-corrected chi connectivity index (χ4v) is 3.34. The van der Waals surface area contributed by atoms with Crippen LogP contribution in [0.25, 0.3) is 0 Å². The molecule has 4 nitrogen and oxygen atoms in total. The number of alkyl halides is 2. The first-order valence-corrected chi connectivity index (χ1v) is 8.94. The van der Waals surface area contributed by atoms with Gasteiger partial charge in [0, 0.05) is 16.9 Å². The topological polar surface area (TPSA) is 68.1 Å². The normalized spacial score (nSPS) is 16.1. The fourth-order valence-electron chi connectivity index (χ4n) is 2.31. The third kappa shape index (κ3) is 4.88. The van der Waals surface area contributed by atoms with Gasteiger partial charge in [-0.1, -0.05) is 25.1 Å². The van der Waals surface area contributed by atoms with Crippen LogP contribution in [-0.4, -0.2) is 28.4 Å². The number of ether oxygens (including phenoxy) is 1. The van der Waals surface area contributed by atoms with Gasteiger partial charge in [-0.05, 0) is 33.3 Å². The van der Waals surface area contributed by atoms with Gasteiger partial charge in [0.05, 0.1) is 6.07 Å². The summed E-state index contributed by atoms with van der Waals surface area (Å²) in [6, 6.07) is 6.77. The summed E-state index contributed by atoms with van der Waals surface area (Å²) in [6.07, 6.45) is -0.237. The molecule has 25 heavy (non-hydrogen) atoms. The molecule has 0 bridgehead atoms. The van der Waals surface area contributed by atoms with Gasteiger partial charge < -0.3 is 9.29 Å². The van der Waals surface area contributed by atoms with Crippen LogP contribution < -0.4 is 4.72 Å². The van der Waals surface area contributed by atoms with Crippen LogP contribution in [0.2, 0.25) is 0 Å². The summed E-state index contributed by atoms with van der Waals surface area (Å²) < 4.78 is 63.4. The summed E-state index contributed by atoms with van der Waals surface area (Å²) in [7, 11) is 0. The fraction of sp³-hybridized carbons (Fsp3) is 0.588. The zero-order valence-corrected chi connectivity index (χ0v) is 15.6. The first-order chi connectivity index (χ1) is 11.5. The van der Waals surface area contributed by atoms with Crippen LogP contribution in [0.1, 0.15) is 39.7 Å². The molecule has 0 saturated carbocycles. The molecule has 2 atom stereocenters. The molecule has 0 fully saturated rings. The van der Waals surface area contributed by atoms with E-state index < -0.39 is 46.6 Å². The minimum atomic E-state index is -3.61. The van der Waals surface area contributed by atoms with Gasteiger partial charge in [-0.3, -0.25) is 0 Å². The summed E-state index contributed by atoms with van der Waals surface area (Å²) >= 11 is -1.89. The summed E-state index contributed by atoms with van der Waals surface area (Å²) in [5.74, 6) is -4.44. The van der Waals surface area contributed by atoms with E-state index in [0.717, 1.165) is 6.07 Å². The Bertz CT molecular complexity index is 617. The molecule has 1 unspecified atom stereocenters. The predicted octanol–water partition coefficient (Wildman–Crippen LogP) is 3.66. The molecule has 8 heteroatoms. The van der Waals surface area contributed by atoms with E-state index >= 15 is 8.78 Å². The first kappa shape index (κ1) is 21.8. The maximum atomic E-state index is 15.1. The zero-order chi connectivity index (χ0) is 19.3. The first-order valence-electron chi connectivity index (χ1n) is 7.79. The molecule has 1 N–H and O–H groups in total. The van der Waals surface area contributed by atoms with E-state index in [1.165, 1.54) is 25.1 Å². The number of hydrogen-bond acceptors (Lipinski definition) is 4. The third-order valence-corrected chi connectivity index (χ3v) is 5.41. The molecule has 1 aromatic carbocycles. The SMILES string of the molecule is CC[C@@](N[S+]([O-])C(C)(C)C)(c1ccccc1F)C(F)(F)COCC#N. The van der Waals surface area contributed by atoms with Crippen molar-refractivity contribution in [2.45, 2.75) is 50.3 Å². The van der Waals surface area contributed by atoms with Gasteiger partial charge >= 0.3 is 0 Å². The van der Waals surface area contributed by atoms with Crippen LogP contribution in [0.4, 0.5) is 13.2 Å². The maximum Gasteiger partial charge on any atom is 0.297 e. The van der Waals surface area contributed by atoms with E-state index in [4.69, 9.17) is 10.00 Å². The van der Waals surface area contributed by atoms with Crippen LogP contribution in [0.5, 0.6) is 0 Å². The van der Waals surface area contributed by atoms with Gasteiger partial charge in [0.2, 0.25) is 0 Å². The second kappa shape index (κ2) is 8.41. The van der Waals surface area contributed by atoms with E-state index in [-0.39, 0.29) is 12.0 Å². The van der Waals surface area contributed by atoms with Crippen molar-refractivity contribution in [1.29, 1.82) is 5.26 Å². The minimum absolute atomic E-state index is 0.237. The average molecular weight is 376 g/mol. The molecule has 0 aliphatic carbocycles. The molecule has 0 aliphatic heterocycles. The van der Waals surface area contributed by atoms with Crippen molar-refractivity contribution in [3.05, 3.63) is 35.6 Å². The lowest BCUT2D eigenvalue weighted by Crippen LogP contribution is -2.62. The Kier molecular flexibility index (Phi) is 7.32. The molecule has 0 spiro atoms. The Balaban J connectivity index is 3.43. The predicted molar refractivity (Wildman–Crippen MR) is 90.8 cm³/mol. The largest absolute Gasteiger partial charge is 0.598 e. The molecule has 140 valence electrons. The van der Waals surface area contributed by atoms with Crippen molar-refractivity contribution in [2.75, 3.05) is 13.2 Å². The highest BCUT2D eigenvalue weighted by atomic mass is 32.2. The van der Waals surface area contributed by atoms with Crippen LogP contribution in [0, 0.1) is 17.1 Å². The van der Waals surface area contributed by atoms with Crippen molar-refractivity contribution in [3.8, 4) is 6.07 Å². The molecule has 0 saturated heterocycles. The zero-order valence-electron chi connectivity index (χ0n) is 14.7. The highest BCUT2D eigenvalue weighted by molar-refractivity contribution is 7.90. The van der Waals surface area contributed by atoms with Crippen LogP contribution >= 0.6 is 0 Å². The van der Waals surface area contributed by atoms with Gasteiger partial charge in [0.15, 0.2) is 5.54 Å². The number of nitriles is 1. The Hall–Kier alpha value is -1.27. The Labute approximate surface area is 149 Å². The van der Waals surface area contributed by atoms with Crippen molar-refractivity contribution in [2.24, 2.45) is 0 Å². The maximum absolute atomic E-state index is 15.1. The molecule has 0 radical (unpaired) electrons. The molecule has 1 rings (SSSR count). The molecular formula is C17H23F3N2O2S. The molecule has 0 aliphatic rings. The molecule has 0 aromatic heterocycles. The highest BCUT2D eigenvalue weighted by Crippen LogP contribution is 2.43. The molecule has 0 heterocycles. The van der Waals surface area contributed by atoms with Gasteiger partial charge in [-0.2, -0.15) is 5.26 Å². The summed E-state index contributed by atoms with van der Waals surface area (Å²) in [5, 5.41) is 8.49. The third-order valence-electron chi connectivity index (χ3n) is 3.76. The van der Waals surface area contributed by atoms with E-state index in [1.807, 2.05) is 0 Å². The van der Waals surface area contributed by atoms with Crippen molar-refractivity contribution >= 4 is 11.4 Å². The number of rotatable bonds is 8. The van der Waals surface area contributed by atoms with E-state index in [9.17, 15) is 8.94 Å². The minimum Gasteiger partial charge on any atom is -0.598 e. The number of benzene rings is 1. The van der Waals surface area contributed by atoms with E-state index in [1.54, 1.807) is 26.8 Å². The number of halogens is 3. The summed E-state index contributed by atoms with van der Waals surface area (Å²) in [4.78, 5) is 0. The Morgan fingerprint density at radius 1 is 1.28 bits per heavy atom. The number of hydrogen-bond donors (Lipinski definition) is 1. The van der Waals surface area contributed by atoms with Crippen molar-refractivity contribution in [3.63, 3.8) is 0 Å². The van der Waals surface area contributed by atoms with Crippen molar-refractivity contribution in [1.82, 2.24) is 4.72 Å². The van der Waals surface area contributed by atoms with Gasteiger partial charge in [0.1, 0.15) is 23.8 Å². The summed E-state index contributed by atoms with van der Waals surface area (Å²) in [6.45, 7) is 4.72. The van der Waals surface area contributed by atoms with E-state index in [2.05, 4.69) is 4.72 Å². The lowest BCUT2D eigenvalue weighted by Gasteiger charge is -2.42.